The number of hydrogen-bond acceptors (Lipinski definition) is 3. The summed E-state index contributed by atoms with van der Waals surface area (Å²) in [5, 5.41) is 0. The van der Waals surface area contributed by atoms with Gasteiger partial charge in [-0.3, -0.25) is 9.59 Å². The summed E-state index contributed by atoms with van der Waals surface area (Å²) in [5.41, 5.74) is 0. The minimum absolute atomic E-state index is 0.261. The molecule has 2 saturated heterocycles. The Morgan fingerprint density at radius 3 is 2.25 bits per heavy atom. The van der Waals surface area contributed by atoms with Gasteiger partial charge in [0, 0.05) is 45.6 Å². The average molecular weight is 282 g/mol. The molecule has 2 fully saturated rings. The third-order valence-electron chi connectivity index (χ3n) is 4.07. The highest BCUT2D eigenvalue weighted by atomic mass is 16.5. The first kappa shape index (κ1) is 15.3. The predicted octanol–water partition coefficient (Wildman–Crippen LogP) is 1.42. The fourth-order valence-electron chi connectivity index (χ4n) is 2.82. The van der Waals surface area contributed by atoms with Crippen molar-refractivity contribution in [1.82, 2.24) is 9.80 Å². The topological polar surface area (TPSA) is 49.9 Å². The Hall–Kier alpha value is -1.10. The van der Waals surface area contributed by atoms with Crippen LogP contribution in [-0.4, -0.2) is 61.0 Å². The first-order valence-electron chi connectivity index (χ1n) is 7.90. The molecule has 0 atom stereocenters. The smallest absolute Gasteiger partial charge is 0.222 e. The Bertz CT molecular complexity index is 333. The number of nitrogens with zero attached hydrogens (tertiary/aromatic N) is 2. The highest BCUT2D eigenvalue weighted by molar-refractivity contribution is 5.78. The molecule has 2 aliphatic rings. The van der Waals surface area contributed by atoms with Gasteiger partial charge in [-0.15, -0.1) is 0 Å². The van der Waals surface area contributed by atoms with Gasteiger partial charge in [-0.05, 0) is 32.1 Å². The number of unbranched alkanes of at least 4 members (excludes halogenated alkanes) is 1. The van der Waals surface area contributed by atoms with E-state index in [4.69, 9.17) is 4.74 Å². The SMILES string of the molecule is O=C1CCCCN1CCCCOCCN1CCCC1=O. The average Bonchev–Trinajstić information content (AvgIpc) is 2.85. The molecule has 0 spiro atoms. The normalized spacial score (nSPS) is 20.0. The number of ether oxygens (including phenoxy) is 1. The minimum atomic E-state index is 0.261. The van der Waals surface area contributed by atoms with E-state index >= 15 is 0 Å². The molecule has 2 amide bonds. The van der Waals surface area contributed by atoms with E-state index in [1.54, 1.807) is 0 Å². The van der Waals surface area contributed by atoms with Crippen molar-refractivity contribution in [3.63, 3.8) is 0 Å². The van der Waals surface area contributed by atoms with Crippen molar-refractivity contribution in [3.8, 4) is 0 Å². The molecule has 2 heterocycles. The van der Waals surface area contributed by atoms with Crippen LogP contribution in [0.5, 0.6) is 0 Å². The Morgan fingerprint density at radius 2 is 1.50 bits per heavy atom. The van der Waals surface area contributed by atoms with E-state index in [2.05, 4.69) is 0 Å². The van der Waals surface area contributed by atoms with Crippen molar-refractivity contribution in [2.75, 3.05) is 39.4 Å². The molecule has 2 aliphatic heterocycles. The zero-order valence-corrected chi connectivity index (χ0v) is 12.3. The van der Waals surface area contributed by atoms with Gasteiger partial charge in [0.15, 0.2) is 0 Å². The number of likely N-dealkylation sites (tertiary alicyclic amines) is 2. The number of carbonyl (C=O) groups excluding carboxylic acids is 2. The Labute approximate surface area is 121 Å². The zero-order valence-electron chi connectivity index (χ0n) is 12.3. The number of amides is 2. The first-order valence-corrected chi connectivity index (χ1v) is 7.90. The minimum Gasteiger partial charge on any atom is -0.380 e. The summed E-state index contributed by atoms with van der Waals surface area (Å²) in [6.45, 7) is 4.77. The summed E-state index contributed by atoms with van der Waals surface area (Å²) >= 11 is 0. The molecule has 114 valence electrons. The van der Waals surface area contributed by atoms with Crippen molar-refractivity contribution in [2.45, 2.75) is 44.9 Å². The maximum atomic E-state index is 11.6. The molecule has 0 bridgehead atoms. The molecular formula is C15H26N2O3. The summed E-state index contributed by atoms with van der Waals surface area (Å²) < 4.78 is 5.56. The van der Waals surface area contributed by atoms with Crippen LogP contribution in [-0.2, 0) is 14.3 Å². The van der Waals surface area contributed by atoms with Gasteiger partial charge < -0.3 is 14.5 Å². The highest BCUT2D eigenvalue weighted by Gasteiger charge is 2.19. The van der Waals surface area contributed by atoms with Gasteiger partial charge in [0.25, 0.3) is 0 Å². The predicted molar refractivity (Wildman–Crippen MR) is 76.3 cm³/mol. The van der Waals surface area contributed by atoms with E-state index in [0.29, 0.717) is 18.9 Å². The van der Waals surface area contributed by atoms with Crippen molar-refractivity contribution >= 4 is 11.8 Å². The second-order valence-corrected chi connectivity index (χ2v) is 5.64. The van der Waals surface area contributed by atoms with Gasteiger partial charge in [0.1, 0.15) is 0 Å². The monoisotopic (exact) mass is 282 g/mol. The second-order valence-electron chi connectivity index (χ2n) is 5.64. The molecule has 20 heavy (non-hydrogen) atoms. The summed E-state index contributed by atoms with van der Waals surface area (Å²) in [7, 11) is 0. The molecule has 0 saturated carbocycles. The lowest BCUT2D eigenvalue weighted by molar-refractivity contribution is -0.133. The van der Waals surface area contributed by atoms with E-state index in [-0.39, 0.29) is 5.91 Å². The number of rotatable bonds is 8. The molecule has 0 aromatic rings. The van der Waals surface area contributed by atoms with Gasteiger partial charge >= 0.3 is 0 Å². The summed E-state index contributed by atoms with van der Waals surface area (Å²) in [6.07, 6.45) is 6.60. The van der Waals surface area contributed by atoms with Crippen LogP contribution in [0.2, 0.25) is 0 Å². The van der Waals surface area contributed by atoms with E-state index in [0.717, 1.165) is 71.3 Å². The van der Waals surface area contributed by atoms with Crippen LogP contribution in [0, 0.1) is 0 Å². The number of piperidine rings is 1. The summed E-state index contributed by atoms with van der Waals surface area (Å²) in [5.74, 6) is 0.571. The summed E-state index contributed by atoms with van der Waals surface area (Å²) in [4.78, 5) is 26.8. The van der Waals surface area contributed by atoms with E-state index in [1.165, 1.54) is 0 Å². The Balaban J connectivity index is 1.43. The van der Waals surface area contributed by atoms with Crippen molar-refractivity contribution < 1.29 is 14.3 Å². The molecule has 0 aromatic heterocycles. The molecule has 2 rings (SSSR count). The second kappa shape index (κ2) is 8.25. The van der Waals surface area contributed by atoms with E-state index < -0.39 is 0 Å². The van der Waals surface area contributed by atoms with Crippen LogP contribution in [0.25, 0.3) is 0 Å². The van der Waals surface area contributed by atoms with Crippen LogP contribution in [0.1, 0.15) is 44.9 Å². The number of hydrogen-bond donors (Lipinski definition) is 0. The lowest BCUT2D eigenvalue weighted by atomic mass is 10.1. The van der Waals surface area contributed by atoms with Gasteiger partial charge in [-0.1, -0.05) is 0 Å². The van der Waals surface area contributed by atoms with E-state index in [1.807, 2.05) is 9.80 Å². The molecule has 0 aliphatic carbocycles. The Kier molecular flexibility index (Phi) is 6.30. The molecule has 0 radical (unpaired) electrons. The summed E-state index contributed by atoms with van der Waals surface area (Å²) in [6, 6.07) is 0. The van der Waals surface area contributed by atoms with Gasteiger partial charge in [0.05, 0.1) is 6.61 Å². The zero-order chi connectivity index (χ0) is 14.2. The van der Waals surface area contributed by atoms with Crippen LogP contribution in [0.15, 0.2) is 0 Å². The lowest BCUT2D eigenvalue weighted by Gasteiger charge is -2.26. The molecule has 5 heteroatoms. The maximum absolute atomic E-state index is 11.6. The third kappa shape index (κ3) is 4.78. The first-order chi connectivity index (χ1) is 9.77. The quantitative estimate of drug-likeness (QED) is 0.633. The van der Waals surface area contributed by atoms with Gasteiger partial charge in [-0.25, -0.2) is 0 Å². The fourth-order valence-corrected chi connectivity index (χ4v) is 2.82. The fraction of sp³-hybridized carbons (Fsp3) is 0.867. The largest absolute Gasteiger partial charge is 0.380 e. The lowest BCUT2D eigenvalue weighted by Crippen LogP contribution is -2.36. The molecular weight excluding hydrogens is 256 g/mol. The van der Waals surface area contributed by atoms with Gasteiger partial charge in [0.2, 0.25) is 11.8 Å². The van der Waals surface area contributed by atoms with Crippen molar-refractivity contribution in [3.05, 3.63) is 0 Å². The highest BCUT2D eigenvalue weighted by Crippen LogP contribution is 2.11. The van der Waals surface area contributed by atoms with Crippen LogP contribution >= 0.6 is 0 Å². The molecule has 0 N–H and O–H groups in total. The van der Waals surface area contributed by atoms with Crippen molar-refractivity contribution in [2.24, 2.45) is 0 Å². The van der Waals surface area contributed by atoms with Gasteiger partial charge in [-0.2, -0.15) is 0 Å². The number of carbonyl (C=O) groups is 2. The van der Waals surface area contributed by atoms with Crippen LogP contribution in [0.4, 0.5) is 0 Å². The maximum Gasteiger partial charge on any atom is 0.222 e. The van der Waals surface area contributed by atoms with Crippen molar-refractivity contribution in [1.29, 1.82) is 0 Å². The molecule has 0 aromatic carbocycles. The Morgan fingerprint density at radius 1 is 0.800 bits per heavy atom. The standard InChI is InChI=1S/C15H26N2O3/c18-14-6-1-2-8-16(14)9-3-4-12-20-13-11-17-10-5-7-15(17)19/h1-13H2. The van der Waals surface area contributed by atoms with Crippen LogP contribution < -0.4 is 0 Å². The molecule has 0 unspecified atom stereocenters. The third-order valence-corrected chi connectivity index (χ3v) is 4.07. The molecule has 5 nitrogen and oxygen atoms in total. The van der Waals surface area contributed by atoms with E-state index in [9.17, 15) is 9.59 Å². The van der Waals surface area contributed by atoms with Crippen LogP contribution in [0.3, 0.4) is 0 Å².